The van der Waals surface area contributed by atoms with Crippen LogP contribution in [0.5, 0.6) is 0 Å². The van der Waals surface area contributed by atoms with Gasteiger partial charge in [0.2, 0.25) is 10.0 Å². The summed E-state index contributed by atoms with van der Waals surface area (Å²) in [5.74, 6) is -0.567. The maximum Gasteiger partial charge on any atom is 0.416 e. The highest BCUT2D eigenvalue weighted by molar-refractivity contribution is 7.88. The van der Waals surface area contributed by atoms with Crippen LogP contribution in [0.25, 0.3) is 0 Å². The minimum atomic E-state index is -4.53. The summed E-state index contributed by atoms with van der Waals surface area (Å²) in [7, 11) is -3.87. The van der Waals surface area contributed by atoms with Crippen LogP contribution in [-0.2, 0) is 22.0 Å². The number of alkyl halides is 3. The molecule has 132 valence electrons. The molecule has 0 bridgehead atoms. The molecule has 0 radical (unpaired) electrons. The molecule has 0 saturated heterocycles. The van der Waals surface area contributed by atoms with Gasteiger partial charge in [0.25, 0.3) is 0 Å². The fourth-order valence-electron chi connectivity index (χ4n) is 2.09. The Morgan fingerprint density at radius 2 is 2.04 bits per heavy atom. The van der Waals surface area contributed by atoms with Crippen LogP contribution in [0.4, 0.5) is 13.2 Å². The molecule has 0 unspecified atom stereocenters. The number of nitriles is 1. The number of nitrogens with zero attached hydrogens (tertiary/aromatic N) is 2. The van der Waals surface area contributed by atoms with Crippen molar-refractivity contribution in [3.8, 4) is 6.07 Å². The highest BCUT2D eigenvalue weighted by atomic mass is 32.2. The minimum absolute atomic E-state index is 0.0428. The number of allylic oxidation sites excluding steroid dienone is 2. The zero-order valence-electron chi connectivity index (χ0n) is 13.3. The fourth-order valence-corrected chi connectivity index (χ4v) is 3.53. The van der Waals surface area contributed by atoms with Crippen LogP contribution < -0.4 is 0 Å². The third kappa shape index (κ3) is 6.34. The Balaban J connectivity index is 2.90. The number of halogens is 3. The van der Waals surface area contributed by atoms with Crippen molar-refractivity contribution in [2.75, 3.05) is 13.1 Å². The van der Waals surface area contributed by atoms with E-state index in [0.29, 0.717) is 12.8 Å². The van der Waals surface area contributed by atoms with E-state index in [-0.39, 0.29) is 18.7 Å². The number of sulfonamides is 1. The summed E-state index contributed by atoms with van der Waals surface area (Å²) in [6, 6.07) is 6.00. The second kappa shape index (κ2) is 8.85. The second-order valence-corrected chi connectivity index (χ2v) is 7.13. The standard InChI is InChI=1S/C16H19F3N2O2S/c1-2-3-4-5-10-21(11-9-20)24(22,23)13-14-7-6-8-15(12-14)16(17,18)19/h2-3,6-8,12H,4-5,10-11,13H2,1H3. The van der Waals surface area contributed by atoms with Crippen LogP contribution in [0.3, 0.4) is 0 Å². The van der Waals surface area contributed by atoms with Crippen LogP contribution in [0.2, 0.25) is 0 Å². The van der Waals surface area contributed by atoms with Crippen molar-refractivity contribution in [3.05, 3.63) is 47.5 Å². The van der Waals surface area contributed by atoms with Crippen LogP contribution in [0, 0.1) is 11.3 Å². The van der Waals surface area contributed by atoms with Gasteiger partial charge in [0.1, 0.15) is 6.54 Å². The number of unbranched alkanes of at least 4 members (excludes halogenated alkanes) is 1. The number of hydrogen-bond acceptors (Lipinski definition) is 3. The average Bonchev–Trinajstić information content (AvgIpc) is 2.49. The zero-order valence-corrected chi connectivity index (χ0v) is 14.1. The quantitative estimate of drug-likeness (QED) is 0.403. The lowest BCUT2D eigenvalue weighted by molar-refractivity contribution is -0.137. The maximum absolute atomic E-state index is 12.7. The number of rotatable bonds is 8. The Labute approximate surface area is 140 Å². The molecule has 4 nitrogen and oxygen atoms in total. The van der Waals surface area contributed by atoms with E-state index in [1.165, 1.54) is 12.1 Å². The SMILES string of the molecule is CC=CCCCN(CC#N)S(=O)(=O)Cc1cccc(C(F)(F)F)c1. The van der Waals surface area contributed by atoms with Crippen molar-refractivity contribution >= 4 is 10.0 Å². The minimum Gasteiger partial charge on any atom is -0.212 e. The van der Waals surface area contributed by atoms with Gasteiger partial charge >= 0.3 is 6.18 Å². The van der Waals surface area contributed by atoms with Crippen molar-refractivity contribution in [1.29, 1.82) is 5.26 Å². The van der Waals surface area contributed by atoms with Gasteiger partial charge in [-0.2, -0.15) is 22.7 Å². The topological polar surface area (TPSA) is 61.2 Å². The molecule has 1 aromatic rings. The van der Waals surface area contributed by atoms with E-state index in [1.54, 1.807) is 6.07 Å². The van der Waals surface area contributed by atoms with Crippen molar-refractivity contribution in [3.63, 3.8) is 0 Å². The highest BCUT2D eigenvalue weighted by Gasteiger charge is 2.31. The van der Waals surface area contributed by atoms with Gasteiger partial charge in [-0.25, -0.2) is 8.42 Å². The van der Waals surface area contributed by atoms with E-state index in [9.17, 15) is 21.6 Å². The number of benzene rings is 1. The Kier molecular flexibility index (Phi) is 7.45. The lowest BCUT2D eigenvalue weighted by Gasteiger charge is -2.19. The predicted octanol–water partition coefficient (Wildman–Crippen LogP) is 3.72. The van der Waals surface area contributed by atoms with Gasteiger partial charge < -0.3 is 0 Å². The fraction of sp³-hybridized carbons (Fsp3) is 0.438. The smallest absolute Gasteiger partial charge is 0.212 e. The molecule has 24 heavy (non-hydrogen) atoms. The molecule has 0 atom stereocenters. The lowest BCUT2D eigenvalue weighted by Crippen LogP contribution is -2.33. The number of hydrogen-bond donors (Lipinski definition) is 0. The van der Waals surface area contributed by atoms with Crippen LogP contribution >= 0.6 is 0 Å². The molecule has 0 fully saturated rings. The monoisotopic (exact) mass is 360 g/mol. The summed E-state index contributed by atoms with van der Waals surface area (Å²) >= 11 is 0. The summed E-state index contributed by atoms with van der Waals surface area (Å²) in [4.78, 5) is 0. The van der Waals surface area contributed by atoms with E-state index >= 15 is 0 Å². The van der Waals surface area contributed by atoms with Crippen LogP contribution in [0.1, 0.15) is 30.9 Å². The summed E-state index contributed by atoms with van der Waals surface area (Å²) in [6.45, 7) is 1.67. The molecule has 0 heterocycles. The Morgan fingerprint density at radius 1 is 1.33 bits per heavy atom. The Morgan fingerprint density at radius 3 is 2.62 bits per heavy atom. The third-order valence-corrected chi connectivity index (χ3v) is 5.05. The largest absolute Gasteiger partial charge is 0.416 e. The van der Waals surface area contributed by atoms with Crippen molar-refractivity contribution in [1.82, 2.24) is 4.31 Å². The summed E-state index contributed by atoms with van der Waals surface area (Å²) in [5, 5.41) is 8.80. The Bertz CT molecular complexity index is 707. The van der Waals surface area contributed by atoms with Gasteiger partial charge in [0.05, 0.1) is 17.4 Å². The van der Waals surface area contributed by atoms with E-state index < -0.39 is 27.5 Å². The molecule has 1 aromatic carbocycles. The van der Waals surface area contributed by atoms with Gasteiger partial charge in [-0.3, -0.25) is 0 Å². The molecular weight excluding hydrogens is 341 g/mol. The molecule has 0 aliphatic carbocycles. The molecule has 0 aromatic heterocycles. The van der Waals surface area contributed by atoms with Crippen molar-refractivity contribution in [2.45, 2.75) is 31.7 Å². The summed E-state index contributed by atoms with van der Waals surface area (Å²) in [5.41, 5.74) is -0.851. The summed E-state index contributed by atoms with van der Waals surface area (Å²) < 4.78 is 63.9. The van der Waals surface area contributed by atoms with Gasteiger partial charge in [-0.15, -0.1) is 0 Å². The van der Waals surface area contributed by atoms with Gasteiger partial charge in [0, 0.05) is 6.54 Å². The lowest BCUT2D eigenvalue weighted by atomic mass is 10.1. The first-order valence-electron chi connectivity index (χ1n) is 7.32. The molecule has 8 heteroatoms. The predicted molar refractivity (Wildman–Crippen MR) is 85.3 cm³/mol. The normalized spacial score (nSPS) is 12.7. The highest BCUT2D eigenvalue weighted by Crippen LogP contribution is 2.30. The first-order chi connectivity index (χ1) is 11.2. The zero-order chi connectivity index (χ0) is 18.2. The maximum atomic E-state index is 12.7. The van der Waals surface area contributed by atoms with E-state index in [4.69, 9.17) is 5.26 Å². The van der Waals surface area contributed by atoms with E-state index in [2.05, 4.69) is 0 Å². The molecule has 0 amide bonds. The summed E-state index contributed by atoms with van der Waals surface area (Å²) in [6.07, 6.45) is 0.389. The van der Waals surface area contributed by atoms with E-state index in [0.717, 1.165) is 16.4 Å². The van der Waals surface area contributed by atoms with Gasteiger partial charge in [-0.1, -0.05) is 30.4 Å². The van der Waals surface area contributed by atoms with Crippen LogP contribution in [0.15, 0.2) is 36.4 Å². The first kappa shape index (κ1) is 20.2. The third-order valence-electron chi connectivity index (χ3n) is 3.26. The van der Waals surface area contributed by atoms with Crippen molar-refractivity contribution < 1.29 is 21.6 Å². The average molecular weight is 360 g/mol. The van der Waals surface area contributed by atoms with Gasteiger partial charge in [-0.05, 0) is 31.4 Å². The molecule has 0 spiro atoms. The van der Waals surface area contributed by atoms with Crippen LogP contribution in [-0.4, -0.2) is 25.8 Å². The molecule has 0 N–H and O–H groups in total. The Hall–Kier alpha value is -1.85. The molecule has 1 rings (SSSR count). The van der Waals surface area contributed by atoms with Gasteiger partial charge in [0.15, 0.2) is 0 Å². The van der Waals surface area contributed by atoms with E-state index in [1.807, 2.05) is 19.1 Å². The molecular formula is C16H19F3N2O2S. The molecule has 0 aliphatic heterocycles. The molecule has 0 saturated carbocycles. The van der Waals surface area contributed by atoms with Crippen molar-refractivity contribution in [2.24, 2.45) is 0 Å². The second-order valence-electron chi connectivity index (χ2n) is 5.16. The molecule has 0 aliphatic rings. The first-order valence-corrected chi connectivity index (χ1v) is 8.93.